The Hall–Kier alpha value is -3.05. The maximum atomic E-state index is 11.5. The highest BCUT2D eigenvalue weighted by molar-refractivity contribution is 5.41. The first-order valence-electron chi connectivity index (χ1n) is 25.8. The van der Waals surface area contributed by atoms with Crippen LogP contribution in [-0.4, -0.2) is 58.6 Å². The van der Waals surface area contributed by atoms with E-state index in [9.17, 15) is 5.26 Å². The van der Waals surface area contributed by atoms with Crippen molar-refractivity contribution in [3.63, 3.8) is 0 Å². The molecule has 2 saturated heterocycles. The fourth-order valence-electron chi connectivity index (χ4n) is 16.6. The van der Waals surface area contributed by atoms with Gasteiger partial charge in [-0.3, -0.25) is 16.0 Å². The predicted octanol–water partition coefficient (Wildman–Crippen LogP) is 10.1. The molecule has 0 bridgehead atoms. The van der Waals surface area contributed by atoms with E-state index in [1.807, 2.05) is 5.57 Å². The zero-order valence-corrected chi connectivity index (χ0v) is 37.3. The average Bonchev–Trinajstić information content (AvgIpc) is 3.98. The van der Waals surface area contributed by atoms with Gasteiger partial charge in [0.25, 0.3) is 0 Å². The summed E-state index contributed by atoms with van der Waals surface area (Å²) in [5, 5.41) is 24.8. The zero-order chi connectivity index (χ0) is 40.8. The van der Waals surface area contributed by atoms with Crippen molar-refractivity contribution in [3.05, 3.63) is 83.0 Å². The zero-order valence-electron chi connectivity index (χ0n) is 37.3. The average molecular weight is 823 g/mol. The fourth-order valence-corrected chi connectivity index (χ4v) is 16.6. The fraction of sp³-hybridized carbons (Fsp3) is 0.722. The second-order valence-electron chi connectivity index (χ2n) is 22.1. The molecule has 18 atom stereocenters. The third-order valence-electron chi connectivity index (χ3n) is 19.1. The van der Waals surface area contributed by atoms with Gasteiger partial charge in [0.05, 0.1) is 36.5 Å². The number of nitrogens with one attached hydrogen (secondary N) is 3. The third-order valence-corrected chi connectivity index (χ3v) is 19.1. The molecule has 0 spiro atoms. The van der Waals surface area contributed by atoms with Crippen LogP contribution in [0.2, 0.25) is 0 Å². The van der Waals surface area contributed by atoms with Crippen LogP contribution in [0.25, 0.3) is 0 Å². The summed E-state index contributed by atoms with van der Waals surface area (Å²) in [5.74, 6) is 6.27. The summed E-state index contributed by atoms with van der Waals surface area (Å²) in [4.78, 5) is 6.06. The van der Waals surface area contributed by atoms with Crippen molar-refractivity contribution in [3.8, 4) is 6.07 Å². The molecule has 0 aromatic heterocycles. The minimum atomic E-state index is -0.00796. The first-order chi connectivity index (χ1) is 30.1. The Morgan fingerprint density at radius 1 is 0.721 bits per heavy atom. The van der Waals surface area contributed by atoms with Crippen LogP contribution in [0.1, 0.15) is 136 Å². The van der Waals surface area contributed by atoms with Crippen molar-refractivity contribution in [1.82, 2.24) is 25.8 Å². The van der Waals surface area contributed by atoms with Gasteiger partial charge in [-0.15, -0.1) is 0 Å². The molecule has 3 saturated carbocycles. The van der Waals surface area contributed by atoms with Gasteiger partial charge in [0.2, 0.25) is 0 Å². The molecule has 12 rings (SSSR count). The van der Waals surface area contributed by atoms with E-state index in [4.69, 9.17) is 4.74 Å². The van der Waals surface area contributed by atoms with Crippen LogP contribution in [0.5, 0.6) is 0 Å². The van der Waals surface area contributed by atoms with Crippen LogP contribution in [0.15, 0.2) is 83.0 Å². The number of nitrogens with zero attached hydrogens (tertiary/aromatic N) is 3. The molecular formula is C54H74N6O. The SMILES string of the molecule is CC1CCCC2=C1N(C1CC(N3C4=C(C=CCC4)C4CCC=CC43)C(C#N)CC1C1NC(C3CC=CCC3)NC(C3CCCC4OC5=CC=CCC5C43)N1)C1C(C)CCCC21. The van der Waals surface area contributed by atoms with E-state index in [0.29, 0.717) is 77.5 Å². The first-order valence-corrected chi connectivity index (χ1v) is 25.8. The molecule has 5 fully saturated rings. The molecule has 3 N–H and O–H groups in total. The normalized spacial score (nSPS) is 47.5. The van der Waals surface area contributed by atoms with E-state index in [1.54, 1.807) is 17.0 Å². The van der Waals surface area contributed by atoms with Crippen LogP contribution >= 0.6 is 0 Å². The Morgan fingerprint density at radius 2 is 1.59 bits per heavy atom. The summed E-state index contributed by atoms with van der Waals surface area (Å²) in [6, 6.07) is 4.70. The molecular weight excluding hydrogens is 749 g/mol. The minimum Gasteiger partial charge on any atom is -0.494 e. The Bertz CT molecular complexity index is 1970. The molecule has 12 aliphatic rings. The van der Waals surface area contributed by atoms with Crippen LogP contribution in [0.4, 0.5) is 0 Å². The number of nitriles is 1. The Balaban J connectivity index is 0.955. The van der Waals surface area contributed by atoms with Gasteiger partial charge in [-0.05, 0) is 156 Å². The molecule has 7 heteroatoms. The molecule has 8 aliphatic carbocycles. The van der Waals surface area contributed by atoms with Crippen LogP contribution < -0.4 is 16.0 Å². The van der Waals surface area contributed by atoms with E-state index in [-0.39, 0.29) is 30.5 Å². The number of hydrogen-bond acceptors (Lipinski definition) is 7. The lowest BCUT2D eigenvalue weighted by Crippen LogP contribution is -2.75. The van der Waals surface area contributed by atoms with Gasteiger partial charge in [-0.1, -0.05) is 68.9 Å². The largest absolute Gasteiger partial charge is 0.494 e. The Kier molecular flexibility index (Phi) is 10.5. The van der Waals surface area contributed by atoms with Crippen LogP contribution in [0.3, 0.4) is 0 Å². The van der Waals surface area contributed by atoms with Gasteiger partial charge in [-0.25, -0.2) is 0 Å². The van der Waals surface area contributed by atoms with E-state index >= 15 is 0 Å². The van der Waals surface area contributed by atoms with E-state index < -0.39 is 0 Å². The summed E-state index contributed by atoms with van der Waals surface area (Å²) in [5.41, 5.74) is 6.80. The number of allylic oxidation sites excluding steroid dienone is 11. The van der Waals surface area contributed by atoms with E-state index in [1.165, 1.54) is 89.2 Å². The summed E-state index contributed by atoms with van der Waals surface area (Å²) >= 11 is 0. The molecule has 7 nitrogen and oxygen atoms in total. The molecule has 4 heterocycles. The van der Waals surface area contributed by atoms with Crippen molar-refractivity contribution in [2.45, 2.75) is 185 Å². The van der Waals surface area contributed by atoms with Gasteiger partial charge < -0.3 is 14.5 Å². The second-order valence-corrected chi connectivity index (χ2v) is 22.1. The van der Waals surface area contributed by atoms with Gasteiger partial charge in [0, 0.05) is 59.1 Å². The van der Waals surface area contributed by atoms with Crippen molar-refractivity contribution in [2.24, 2.45) is 59.2 Å². The molecule has 0 aromatic carbocycles. The van der Waals surface area contributed by atoms with E-state index in [2.05, 4.69) is 100 Å². The molecule has 61 heavy (non-hydrogen) atoms. The number of fused-ring (bicyclic) bond motifs is 7. The highest BCUT2D eigenvalue weighted by atomic mass is 16.5. The molecule has 0 aromatic rings. The van der Waals surface area contributed by atoms with Crippen molar-refractivity contribution in [2.75, 3.05) is 0 Å². The lowest BCUT2D eigenvalue weighted by atomic mass is 9.68. The maximum Gasteiger partial charge on any atom is 0.102 e. The summed E-state index contributed by atoms with van der Waals surface area (Å²) in [7, 11) is 0. The van der Waals surface area contributed by atoms with Gasteiger partial charge in [0.1, 0.15) is 11.9 Å². The standard InChI is InChI=1S/C54H74N6O/c1-32-15-12-22-38-39-23-13-16-33(2)51(39)60(50(32)38)46-30-45(59-43-25-9-6-19-36(43)37-20-7-10-26-44(37)59)35(31-55)29-42(46)54-57-52(34-17-4-3-5-18-34)56-53(58-54)41-24-14-28-48-49(41)40-21-8-11-27-47(40)61-48/h3-4,6,8,10-11,19,26-27,32-35,37-38,40-42,44-46,48-50,52-54,56-58H,5,7,9,12-18,20-25,28-30H2,1-2H3. The second kappa shape index (κ2) is 16.2. The van der Waals surface area contributed by atoms with Gasteiger partial charge >= 0.3 is 0 Å². The van der Waals surface area contributed by atoms with Crippen molar-refractivity contribution >= 4 is 0 Å². The summed E-state index contributed by atoms with van der Waals surface area (Å²) < 4.78 is 6.81. The number of hydrogen-bond donors (Lipinski definition) is 3. The van der Waals surface area contributed by atoms with Crippen molar-refractivity contribution < 1.29 is 4.74 Å². The van der Waals surface area contributed by atoms with Gasteiger partial charge in [0.15, 0.2) is 0 Å². The highest BCUT2D eigenvalue weighted by Crippen LogP contribution is 2.57. The monoisotopic (exact) mass is 823 g/mol. The van der Waals surface area contributed by atoms with Gasteiger partial charge in [-0.2, -0.15) is 5.26 Å². The predicted molar refractivity (Wildman–Crippen MR) is 243 cm³/mol. The summed E-state index contributed by atoms with van der Waals surface area (Å²) in [6.45, 7) is 5.19. The Labute approximate surface area is 367 Å². The van der Waals surface area contributed by atoms with E-state index in [0.717, 1.165) is 38.5 Å². The quantitative estimate of drug-likeness (QED) is 0.239. The van der Waals surface area contributed by atoms with Crippen LogP contribution in [-0.2, 0) is 4.74 Å². The highest BCUT2D eigenvalue weighted by Gasteiger charge is 2.58. The summed E-state index contributed by atoms with van der Waals surface area (Å²) in [6.07, 6.45) is 45.7. The van der Waals surface area contributed by atoms with Crippen molar-refractivity contribution in [1.29, 1.82) is 5.26 Å². The first kappa shape index (κ1) is 39.5. The third kappa shape index (κ3) is 6.56. The molecule has 18 unspecified atom stereocenters. The topological polar surface area (TPSA) is 75.6 Å². The number of ether oxygens (including phenoxy) is 1. The minimum absolute atomic E-state index is 0.00796. The smallest absolute Gasteiger partial charge is 0.102 e. The molecule has 326 valence electrons. The van der Waals surface area contributed by atoms with Crippen LogP contribution in [0, 0.1) is 70.5 Å². The Morgan fingerprint density at radius 3 is 2.48 bits per heavy atom. The molecule has 0 amide bonds. The lowest BCUT2D eigenvalue weighted by molar-refractivity contribution is -0.0382. The maximum absolute atomic E-state index is 11.5. The molecule has 4 aliphatic heterocycles. The lowest BCUT2D eigenvalue weighted by Gasteiger charge is -2.57. The number of rotatable bonds is 5. The molecule has 0 radical (unpaired) electrons.